The van der Waals surface area contributed by atoms with E-state index in [1.165, 1.54) is 199 Å². The molecule has 0 fully saturated rings. The standard InChI is InChI=1S/3C17H14.4C13H10O.2C13H10S/c1-13-7-5-10-15-11-6-12-16(17(13)15)14-8-3-2-4-9-14;1-13-11-12-14-7-5-6-10-16(14)17(13)15-8-3-2-4-9-15;1-13-7-8-17-12-16(10-9-15(17)11-13)14-5-3-2-4-6-14;1-9-5-4-7-11-10-6-2-3-8-12(10)14-13(9)11;1-9-5-4-8-12-13(9)10-6-2-3-7-11(10)14-12;1-9-6-7-13-11(8-9)10-4-2-3-5-12(10)14-13;1-9-6-7-11-10-4-2-3-5-12(10)14-13(11)8-9;1-9-6-7-13-11(8-9)10-4-2-3-5-12(10)14-13;1-9-6-7-11-10-4-2-3-5-12(10)14-13(11)8-9/h3*2-12H,1H3;6*2-8H,1H3. The first-order valence-electron chi connectivity index (χ1n) is 46.0. The third-order valence-electron chi connectivity index (χ3n) is 24.8. The molecule has 0 amide bonds. The van der Waals surface area contributed by atoms with Crippen molar-refractivity contribution in [3.05, 3.63) is 505 Å². The molecule has 0 aliphatic heterocycles. The number of thiophene rings is 2. The minimum Gasteiger partial charge on any atom is -0.456 e. The van der Waals surface area contributed by atoms with Crippen LogP contribution in [0.3, 0.4) is 0 Å². The lowest BCUT2D eigenvalue weighted by molar-refractivity contribution is 0.665. The highest BCUT2D eigenvalue weighted by Gasteiger charge is 2.14. The van der Waals surface area contributed by atoms with Crippen molar-refractivity contribution in [2.24, 2.45) is 0 Å². The monoisotopic (exact) mass is 1780 g/mol. The minimum absolute atomic E-state index is 0.966. The molecule has 654 valence electrons. The zero-order valence-electron chi connectivity index (χ0n) is 77.3. The Bertz CT molecular complexity index is 8600. The fourth-order valence-corrected chi connectivity index (χ4v) is 20.4. The maximum absolute atomic E-state index is 5.78. The highest BCUT2D eigenvalue weighted by Crippen LogP contribution is 2.40. The Labute approximate surface area is 795 Å². The molecule has 0 saturated heterocycles. The summed E-state index contributed by atoms with van der Waals surface area (Å²) < 4.78 is 28.5. The van der Waals surface area contributed by atoms with E-state index in [0.717, 1.165) is 44.7 Å². The van der Waals surface area contributed by atoms with Crippen molar-refractivity contribution in [1.29, 1.82) is 0 Å². The molecule has 6 heteroatoms. The van der Waals surface area contributed by atoms with E-state index in [1.54, 1.807) is 0 Å². The Hall–Kier alpha value is -16.0. The molecule has 27 rings (SSSR count). The third-order valence-corrected chi connectivity index (χ3v) is 27.1. The number of rotatable bonds is 3. The molecule has 0 unspecified atom stereocenters. The van der Waals surface area contributed by atoms with Crippen LogP contribution in [-0.4, -0.2) is 0 Å². The second-order valence-electron chi connectivity index (χ2n) is 34.6. The summed E-state index contributed by atoms with van der Waals surface area (Å²) in [5.74, 6) is 0. The van der Waals surface area contributed by atoms with Crippen molar-refractivity contribution in [3.8, 4) is 33.4 Å². The molecule has 0 aliphatic rings. The predicted molar refractivity (Wildman–Crippen MR) is 584 cm³/mol. The van der Waals surface area contributed by atoms with Crippen LogP contribution >= 0.6 is 22.7 Å². The van der Waals surface area contributed by atoms with Crippen molar-refractivity contribution in [2.45, 2.75) is 62.3 Å². The van der Waals surface area contributed by atoms with Crippen molar-refractivity contribution < 1.29 is 17.7 Å². The predicted octanol–water partition coefficient (Wildman–Crippen LogP) is 38.7. The van der Waals surface area contributed by atoms with Crippen molar-refractivity contribution in [2.75, 3.05) is 0 Å². The van der Waals surface area contributed by atoms with Gasteiger partial charge < -0.3 is 17.7 Å². The average Bonchev–Trinajstić information content (AvgIpc) is 1.43. The lowest BCUT2D eigenvalue weighted by Gasteiger charge is -2.10. The van der Waals surface area contributed by atoms with E-state index in [-0.39, 0.29) is 0 Å². The average molecular weight is 1780 g/mol. The van der Waals surface area contributed by atoms with Gasteiger partial charge in [0, 0.05) is 83.4 Å². The summed E-state index contributed by atoms with van der Waals surface area (Å²) in [6.07, 6.45) is 0. The van der Waals surface area contributed by atoms with Gasteiger partial charge in [0.05, 0.1) is 0 Å². The summed E-state index contributed by atoms with van der Waals surface area (Å²) in [4.78, 5) is 0. The van der Waals surface area contributed by atoms with Crippen molar-refractivity contribution in [3.63, 3.8) is 0 Å². The van der Waals surface area contributed by atoms with Crippen molar-refractivity contribution >= 4 is 183 Å². The molecule has 135 heavy (non-hydrogen) atoms. The van der Waals surface area contributed by atoms with Crippen LogP contribution in [0, 0.1) is 62.3 Å². The summed E-state index contributed by atoms with van der Waals surface area (Å²) in [6.45, 7) is 19.1. The number of benzene rings is 21. The minimum atomic E-state index is 0.966. The van der Waals surface area contributed by atoms with Crippen LogP contribution in [0.5, 0.6) is 0 Å². The Kier molecular flexibility index (Phi) is 26.4. The molecule has 0 atom stereocenters. The normalized spacial score (nSPS) is 11.0. The third kappa shape index (κ3) is 19.7. The maximum Gasteiger partial charge on any atom is 0.138 e. The van der Waals surface area contributed by atoms with Gasteiger partial charge >= 0.3 is 0 Å². The van der Waals surface area contributed by atoms with Gasteiger partial charge in [-0.1, -0.05) is 387 Å². The number of aryl methyl sites for hydroxylation is 9. The fourth-order valence-electron chi connectivity index (χ4n) is 18.1. The van der Waals surface area contributed by atoms with E-state index < -0.39 is 0 Å². The largest absolute Gasteiger partial charge is 0.456 e. The number of furan rings is 4. The van der Waals surface area contributed by atoms with E-state index in [2.05, 4.69) is 420 Å². The summed E-state index contributed by atoms with van der Waals surface area (Å²) in [5, 5.41) is 23.1. The molecular weight excluding hydrogens is 1680 g/mol. The molecule has 21 aromatic carbocycles. The SMILES string of the molecule is Cc1ccc2c(c1)oc1ccccc12.Cc1ccc2c(c1)sc1ccccc12.Cc1ccc2cc(-c3ccccc3)ccc2c1.Cc1ccc2ccccc2c1-c1ccccc1.Cc1ccc2oc3ccccc3c2c1.Cc1ccc2sc3ccccc3c2c1.Cc1cccc2c1oc1ccccc12.Cc1cccc2cccc(-c3ccccc3)c12.Cc1cccc2oc3ccccc3c12. The van der Waals surface area contributed by atoms with Gasteiger partial charge in [0.25, 0.3) is 0 Å². The number of hydrogen-bond acceptors (Lipinski definition) is 6. The Morgan fingerprint density at radius 1 is 0.163 bits per heavy atom. The molecule has 0 saturated carbocycles. The van der Waals surface area contributed by atoms with Gasteiger partial charge in [-0.15, -0.1) is 22.7 Å². The quantitative estimate of drug-likeness (QED) is 0.177. The molecule has 0 radical (unpaired) electrons. The maximum atomic E-state index is 5.78. The molecule has 0 spiro atoms. The van der Waals surface area contributed by atoms with E-state index >= 15 is 0 Å². The van der Waals surface area contributed by atoms with Gasteiger partial charge in [0.2, 0.25) is 0 Å². The summed E-state index contributed by atoms with van der Waals surface area (Å²) in [6, 6.07) is 159. The molecular formula is C129H102O4S2. The molecule has 0 N–H and O–H groups in total. The zero-order chi connectivity index (χ0) is 92.3. The Morgan fingerprint density at radius 2 is 0.556 bits per heavy atom. The fraction of sp³-hybridized carbons (Fsp3) is 0.0698. The van der Waals surface area contributed by atoms with Crippen LogP contribution < -0.4 is 0 Å². The van der Waals surface area contributed by atoms with Crippen LogP contribution in [0.2, 0.25) is 0 Å². The summed E-state index contributed by atoms with van der Waals surface area (Å²) in [5.41, 5.74) is 27.2. The van der Waals surface area contributed by atoms with Gasteiger partial charge in [0.1, 0.15) is 44.7 Å². The first-order valence-corrected chi connectivity index (χ1v) is 47.7. The van der Waals surface area contributed by atoms with Gasteiger partial charge in [-0.05, 0) is 246 Å². The number of fused-ring (bicyclic) bond motifs is 21. The highest BCUT2D eigenvalue weighted by molar-refractivity contribution is 7.26. The number of hydrogen-bond donors (Lipinski definition) is 0. The zero-order valence-corrected chi connectivity index (χ0v) is 78.9. The van der Waals surface area contributed by atoms with E-state index in [4.69, 9.17) is 17.7 Å². The first kappa shape index (κ1) is 88.3. The van der Waals surface area contributed by atoms with Crippen LogP contribution in [0.15, 0.2) is 473 Å². The topological polar surface area (TPSA) is 52.6 Å². The van der Waals surface area contributed by atoms with Crippen LogP contribution in [-0.2, 0) is 0 Å². The van der Waals surface area contributed by atoms with Crippen LogP contribution in [0.1, 0.15) is 50.1 Å². The highest BCUT2D eigenvalue weighted by atomic mass is 32.1. The lowest BCUT2D eigenvalue weighted by Crippen LogP contribution is -1.85. The molecule has 6 aromatic heterocycles. The van der Waals surface area contributed by atoms with Gasteiger partial charge in [-0.2, -0.15) is 0 Å². The number of para-hydroxylation sites is 5. The van der Waals surface area contributed by atoms with E-state index in [0.29, 0.717) is 0 Å². The second-order valence-corrected chi connectivity index (χ2v) is 36.8. The van der Waals surface area contributed by atoms with Gasteiger partial charge in [-0.3, -0.25) is 0 Å². The molecule has 4 nitrogen and oxygen atoms in total. The smallest absolute Gasteiger partial charge is 0.138 e. The van der Waals surface area contributed by atoms with Gasteiger partial charge in [0.15, 0.2) is 0 Å². The molecule has 0 bridgehead atoms. The second kappa shape index (κ2) is 40.4. The Balaban J connectivity index is 0.0000000976. The van der Waals surface area contributed by atoms with Gasteiger partial charge in [-0.25, -0.2) is 0 Å². The van der Waals surface area contributed by atoms with Crippen LogP contribution in [0.4, 0.5) is 0 Å². The van der Waals surface area contributed by atoms with Crippen molar-refractivity contribution in [1.82, 2.24) is 0 Å². The Morgan fingerprint density at radius 3 is 1.24 bits per heavy atom. The molecule has 6 heterocycles. The molecule has 0 aliphatic carbocycles. The molecule has 27 aromatic rings. The van der Waals surface area contributed by atoms with Crippen LogP contribution in [0.25, 0.3) is 194 Å². The summed E-state index contributed by atoms with van der Waals surface area (Å²) >= 11 is 3.75. The summed E-state index contributed by atoms with van der Waals surface area (Å²) in [7, 11) is 0. The lowest BCUT2D eigenvalue weighted by atomic mass is 9.94. The van der Waals surface area contributed by atoms with E-state index in [9.17, 15) is 0 Å². The first-order chi connectivity index (χ1) is 66.1. The van der Waals surface area contributed by atoms with E-state index in [1.807, 2.05) is 120 Å².